The lowest BCUT2D eigenvalue weighted by Gasteiger charge is -2.11. The Balaban J connectivity index is 1.68. The molecule has 0 spiro atoms. The summed E-state index contributed by atoms with van der Waals surface area (Å²) in [6.45, 7) is 3.93. The van der Waals surface area contributed by atoms with Crippen molar-refractivity contribution in [2.45, 2.75) is 20.0 Å². The lowest BCUT2D eigenvalue weighted by molar-refractivity contribution is 0.102. The minimum Gasteiger partial charge on any atom is -0.491 e. The van der Waals surface area contributed by atoms with Crippen molar-refractivity contribution in [2.24, 2.45) is 0 Å². The molecule has 3 rings (SSSR count). The number of benzene rings is 2. The molecule has 0 aliphatic heterocycles. The lowest BCUT2D eigenvalue weighted by atomic mass is 10.2. The Labute approximate surface area is 163 Å². The largest absolute Gasteiger partial charge is 0.491 e. The third-order valence-electron chi connectivity index (χ3n) is 3.60. The molecular weight excluding hydrogens is 362 g/mol. The first-order valence-electron chi connectivity index (χ1n) is 8.56. The van der Waals surface area contributed by atoms with Crippen LogP contribution in [0, 0.1) is 0 Å². The number of hydrogen-bond acceptors (Lipinski definition) is 4. The Morgan fingerprint density at radius 2 is 1.81 bits per heavy atom. The van der Waals surface area contributed by atoms with E-state index in [-0.39, 0.29) is 12.0 Å². The molecule has 0 saturated carbocycles. The number of amides is 1. The highest BCUT2D eigenvalue weighted by molar-refractivity contribution is 6.30. The number of carbonyl (C=O) groups excluding carboxylic acids is 1. The highest BCUT2D eigenvalue weighted by Crippen LogP contribution is 2.21. The van der Waals surface area contributed by atoms with Crippen molar-refractivity contribution in [3.63, 3.8) is 0 Å². The summed E-state index contributed by atoms with van der Waals surface area (Å²) in [4.78, 5) is 16.8. The Hall–Kier alpha value is -3.05. The van der Waals surface area contributed by atoms with Gasteiger partial charge in [-0.2, -0.15) is 0 Å². The van der Waals surface area contributed by atoms with Crippen LogP contribution in [0.3, 0.4) is 0 Å². The van der Waals surface area contributed by atoms with Crippen molar-refractivity contribution in [2.75, 3.05) is 10.6 Å². The molecule has 0 atom stereocenters. The molecule has 0 bridgehead atoms. The van der Waals surface area contributed by atoms with Gasteiger partial charge in [0.15, 0.2) is 0 Å². The van der Waals surface area contributed by atoms with Crippen LogP contribution in [0.25, 0.3) is 0 Å². The summed E-state index contributed by atoms with van der Waals surface area (Å²) in [5.74, 6) is 1.11. The predicted octanol–water partition coefficient (Wildman–Crippen LogP) is 5.52. The molecule has 0 fully saturated rings. The molecule has 2 N–H and O–H groups in total. The van der Waals surface area contributed by atoms with Crippen LogP contribution in [0.5, 0.6) is 5.75 Å². The Morgan fingerprint density at radius 3 is 2.52 bits per heavy atom. The molecule has 27 heavy (non-hydrogen) atoms. The maximum absolute atomic E-state index is 12.5. The summed E-state index contributed by atoms with van der Waals surface area (Å²) in [7, 11) is 0. The second kappa shape index (κ2) is 8.56. The third kappa shape index (κ3) is 5.46. The maximum atomic E-state index is 12.5. The molecule has 2 aromatic carbocycles. The fourth-order valence-electron chi connectivity index (χ4n) is 2.45. The number of halogens is 1. The fourth-order valence-corrected chi connectivity index (χ4v) is 2.64. The van der Waals surface area contributed by atoms with Gasteiger partial charge < -0.3 is 15.4 Å². The van der Waals surface area contributed by atoms with Gasteiger partial charge >= 0.3 is 0 Å². The quantitative estimate of drug-likeness (QED) is 0.590. The topological polar surface area (TPSA) is 63.2 Å². The van der Waals surface area contributed by atoms with E-state index in [1.807, 2.05) is 50.2 Å². The van der Waals surface area contributed by atoms with Gasteiger partial charge in [-0.25, -0.2) is 4.98 Å². The summed E-state index contributed by atoms with van der Waals surface area (Å²) < 4.78 is 5.60. The van der Waals surface area contributed by atoms with Gasteiger partial charge in [0.25, 0.3) is 5.91 Å². The maximum Gasteiger partial charge on any atom is 0.255 e. The van der Waals surface area contributed by atoms with Gasteiger partial charge in [0.05, 0.1) is 6.10 Å². The fraction of sp³-hybridized carbons (Fsp3) is 0.143. The zero-order chi connectivity index (χ0) is 19.2. The Bertz CT molecular complexity index is 927. The van der Waals surface area contributed by atoms with Gasteiger partial charge in [0, 0.05) is 28.2 Å². The van der Waals surface area contributed by atoms with Gasteiger partial charge in [-0.15, -0.1) is 0 Å². The second-order valence-electron chi connectivity index (χ2n) is 6.21. The highest BCUT2D eigenvalue weighted by atomic mass is 35.5. The number of ether oxygens (including phenoxy) is 1. The van der Waals surface area contributed by atoms with Gasteiger partial charge in [0.1, 0.15) is 11.6 Å². The SMILES string of the molecule is CC(C)Oc1ccc(NC(=O)c2ccnc(Nc3cccc(Cl)c3)c2)cc1. The number of nitrogens with zero attached hydrogens (tertiary/aromatic N) is 1. The molecule has 1 aromatic heterocycles. The molecule has 0 unspecified atom stereocenters. The van der Waals surface area contributed by atoms with Gasteiger partial charge in [-0.3, -0.25) is 4.79 Å². The second-order valence-corrected chi connectivity index (χ2v) is 6.65. The molecule has 1 amide bonds. The van der Waals surface area contributed by atoms with Crippen LogP contribution in [-0.4, -0.2) is 17.0 Å². The van der Waals surface area contributed by atoms with Crippen LogP contribution < -0.4 is 15.4 Å². The van der Waals surface area contributed by atoms with E-state index in [2.05, 4.69) is 15.6 Å². The number of aromatic nitrogens is 1. The molecule has 5 nitrogen and oxygen atoms in total. The van der Waals surface area contributed by atoms with Gasteiger partial charge in [0.2, 0.25) is 0 Å². The molecule has 0 aliphatic rings. The number of hydrogen-bond donors (Lipinski definition) is 2. The lowest BCUT2D eigenvalue weighted by Crippen LogP contribution is -2.12. The molecule has 0 saturated heterocycles. The van der Waals surface area contributed by atoms with Crippen LogP contribution in [0.1, 0.15) is 24.2 Å². The minimum absolute atomic E-state index is 0.104. The zero-order valence-corrected chi connectivity index (χ0v) is 15.8. The first kappa shape index (κ1) is 18.7. The van der Waals surface area contributed by atoms with Crippen LogP contribution in [-0.2, 0) is 0 Å². The average molecular weight is 382 g/mol. The van der Waals surface area contributed by atoms with E-state index in [9.17, 15) is 4.79 Å². The van der Waals surface area contributed by atoms with E-state index in [1.165, 1.54) is 0 Å². The predicted molar refractivity (Wildman–Crippen MR) is 109 cm³/mol. The van der Waals surface area contributed by atoms with Crippen molar-refractivity contribution in [3.8, 4) is 5.75 Å². The minimum atomic E-state index is -0.218. The van der Waals surface area contributed by atoms with Crippen LogP contribution >= 0.6 is 11.6 Å². The van der Waals surface area contributed by atoms with Gasteiger partial charge in [-0.1, -0.05) is 17.7 Å². The summed E-state index contributed by atoms with van der Waals surface area (Å²) in [6.07, 6.45) is 1.69. The highest BCUT2D eigenvalue weighted by Gasteiger charge is 2.08. The molecule has 6 heteroatoms. The monoisotopic (exact) mass is 381 g/mol. The van der Waals surface area contributed by atoms with Gasteiger partial charge in [-0.05, 0) is 68.4 Å². The van der Waals surface area contributed by atoms with E-state index in [1.54, 1.807) is 30.5 Å². The van der Waals surface area contributed by atoms with E-state index in [0.717, 1.165) is 11.4 Å². The molecular formula is C21H20ClN3O2. The first-order chi connectivity index (χ1) is 13.0. The van der Waals surface area contributed by atoms with E-state index in [0.29, 0.717) is 22.1 Å². The standard InChI is InChI=1S/C21H20ClN3O2/c1-14(2)27-19-8-6-17(7-9-19)25-21(26)15-10-11-23-20(12-15)24-18-5-3-4-16(22)13-18/h3-14H,1-2H3,(H,23,24)(H,25,26). The molecule has 3 aromatic rings. The van der Waals surface area contributed by atoms with Crippen LogP contribution in [0.2, 0.25) is 5.02 Å². The number of nitrogens with one attached hydrogen (secondary N) is 2. The normalized spacial score (nSPS) is 10.5. The number of rotatable bonds is 6. The summed E-state index contributed by atoms with van der Waals surface area (Å²) >= 11 is 5.99. The third-order valence-corrected chi connectivity index (χ3v) is 3.84. The molecule has 138 valence electrons. The van der Waals surface area contributed by atoms with Crippen molar-refractivity contribution in [1.29, 1.82) is 0 Å². The Kier molecular flexibility index (Phi) is 5.94. The summed E-state index contributed by atoms with van der Waals surface area (Å²) in [6, 6.07) is 17.9. The van der Waals surface area contributed by atoms with Crippen molar-refractivity contribution < 1.29 is 9.53 Å². The van der Waals surface area contributed by atoms with Crippen molar-refractivity contribution in [3.05, 3.63) is 77.4 Å². The first-order valence-corrected chi connectivity index (χ1v) is 8.94. The molecule has 0 radical (unpaired) electrons. The van der Waals surface area contributed by atoms with E-state index < -0.39 is 0 Å². The number of anilines is 3. The van der Waals surface area contributed by atoms with Crippen molar-refractivity contribution in [1.82, 2.24) is 4.98 Å². The summed E-state index contributed by atoms with van der Waals surface area (Å²) in [5.41, 5.74) is 1.99. The van der Waals surface area contributed by atoms with Crippen LogP contribution in [0.4, 0.5) is 17.2 Å². The number of carbonyl (C=O) groups is 1. The average Bonchev–Trinajstić information content (AvgIpc) is 2.63. The molecule has 1 heterocycles. The smallest absolute Gasteiger partial charge is 0.255 e. The number of pyridine rings is 1. The summed E-state index contributed by atoms with van der Waals surface area (Å²) in [5, 5.41) is 6.63. The Morgan fingerprint density at radius 1 is 1.04 bits per heavy atom. The van der Waals surface area contributed by atoms with Crippen LogP contribution in [0.15, 0.2) is 66.9 Å². The van der Waals surface area contributed by atoms with E-state index in [4.69, 9.17) is 16.3 Å². The molecule has 0 aliphatic carbocycles. The van der Waals surface area contributed by atoms with E-state index >= 15 is 0 Å². The van der Waals surface area contributed by atoms with Crippen molar-refractivity contribution >= 4 is 34.7 Å². The zero-order valence-electron chi connectivity index (χ0n) is 15.1.